The molecule has 0 spiro atoms. The minimum absolute atomic E-state index is 0. The third-order valence-electron chi connectivity index (χ3n) is 3.69. The van der Waals surface area contributed by atoms with Gasteiger partial charge in [0.15, 0.2) is 0 Å². The fraction of sp³-hybridized carbons (Fsp3) is 0.533. The molecule has 0 aliphatic heterocycles. The van der Waals surface area contributed by atoms with Crippen LogP contribution in [-0.4, -0.2) is 18.0 Å². The molecular weight excluding hydrogens is 340 g/mol. The number of amides is 1. The molecule has 1 aromatic carbocycles. The summed E-state index contributed by atoms with van der Waals surface area (Å²) in [5.74, 6) is 0.278. The largest absolute Gasteiger partial charge is 0.353 e. The van der Waals surface area contributed by atoms with E-state index in [0.29, 0.717) is 0 Å². The smallest absolute Gasteiger partial charge is 0.223 e. The molecule has 0 heterocycles. The maximum Gasteiger partial charge on any atom is 0.223 e. The van der Waals surface area contributed by atoms with Crippen molar-refractivity contribution >= 4 is 34.2 Å². The zero-order valence-corrected chi connectivity index (χ0v) is 14.0. The maximum atomic E-state index is 12.1. The first kappa shape index (κ1) is 17.5. The van der Waals surface area contributed by atoms with Gasteiger partial charge >= 0.3 is 0 Å². The van der Waals surface area contributed by atoms with Gasteiger partial charge in [-0.1, -0.05) is 28.1 Å². The molecule has 0 bridgehead atoms. The molecule has 1 aliphatic rings. The highest BCUT2D eigenvalue weighted by Crippen LogP contribution is 2.24. The molecule has 0 aromatic heterocycles. The molecule has 3 unspecified atom stereocenters. The van der Waals surface area contributed by atoms with Crippen LogP contribution in [-0.2, 0) is 11.2 Å². The van der Waals surface area contributed by atoms with Gasteiger partial charge in [0.1, 0.15) is 0 Å². The molecule has 1 aromatic rings. The molecule has 1 fully saturated rings. The number of carbonyl (C=O) groups excluding carboxylic acids is 1. The van der Waals surface area contributed by atoms with Gasteiger partial charge in [-0.2, -0.15) is 0 Å². The molecule has 20 heavy (non-hydrogen) atoms. The van der Waals surface area contributed by atoms with Gasteiger partial charge in [0, 0.05) is 22.5 Å². The summed E-state index contributed by atoms with van der Waals surface area (Å²) in [6, 6.07) is 8.58. The van der Waals surface area contributed by atoms with Crippen LogP contribution in [0.2, 0.25) is 0 Å². The molecule has 5 heteroatoms. The summed E-state index contributed by atoms with van der Waals surface area (Å²) in [4.78, 5) is 12.1. The van der Waals surface area contributed by atoms with E-state index in [1.807, 2.05) is 12.1 Å². The van der Waals surface area contributed by atoms with Crippen molar-refractivity contribution in [1.82, 2.24) is 5.32 Å². The van der Waals surface area contributed by atoms with Gasteiger partial charge in [-0.15, -0.1) is 12.4 Å². The summed E-state index contributed by atoms with van der Waals surface area (Å²) >= 11 is 3.42. The number of benzene rings is 1. The topological polar surface area (TPSA) is 55.1 Å². The average Bonchev–Trinajstić information content (AvgIpc) is 2.79. The first-order valence-electron chi connectivity index (χ1n) is 6.85. The van der Waals surface area contributed by atoms with Crippen molar-refractivity contribution in [2.75, 3.05) is 0 Å². The number of nitrogens with one attached hydrogen (secondary N) is 1. The molecule has 112 valence electrons. The van der Waals surface area contributed by atoms with Gasteiger partial charge in [0.2, 0.25) is 5.91 Å². The predicted molar refractivity (Wildman–Crippen MR) is 88.0 cm³/mol. The molecule has 3 atom stereocenters. The normalized spacial score (nSPS) is 22.9. The van der Waals surface area contributed by atoms with Crippen molar-refractivity contribution in [1.29, 1.82) is 0 Å². The summed E-state index contributed by atoms with van der Waals surface area (Å²) in [6.07, 6.45) is 3.59. The van der Waals surface area contributed by atoms with Crippen LogP contribution in [0, 0.1) is 5.92 Å². The zero-order valence-electron chi connectivity index (χ0n) is 11.6. The van der Waals surface area contributed by atoms with Crippen LogP contribution in [0.25, 0.3) is 0 Å². The Kier molecular flexibility index (Phi) is 7.00. The molecular formula is C15H22BrClN2O. The highest BCUT2D eigenvalue weighted by Gasteiger charge is 2.28. The Morgan fingerprint density at radius 3 is 2.60 bits per heavy atom. The number of rotatable bonds is 4. The van der Waals surface area contributed by atoms with Crippen molar-refractivity contribution < 1.29 is 4.79 Å². The first-order valence-corrected chi connectivity index (χ1v) is 7.64. The van der Waals surface area contributed by atoms with E-state index in [1.165, 1.54) is 5.56 Å². The van der Waals surface area contributed by atoms with Crippen molar-refractivity contribution in [3.05, 3.63) is 34.3 Å². The fourth-order valence-electron chi connectivity index (χ4n) is 2.64. The van der Waals surface area contributed by atoms with Crippen molar-refractivity contribution in [3.63, 3.8) is 0 Å². The second-order valence-corrected chi connectivity index (χ2v) is 6.43. The van der Waals surface area contributed by atoms with E-state index >= 15 is 0 Å². The minimum Gasteiger partial charge on any atom is -0.353 e. The quantitative estimate of drug-likeness (QED) is 0.866. The summed E-state index contributed by atoms with van der Waals surface area (Å²) in [5, 5.41) is 3.10. The van der Waals surface area contributed by atoms with E-state index in [4.69, 9.17) is 5.73 Å². The number of hydrogen-bond acceptors (Lipinski definition) is 2. The fourth-order valence-corrected chi connectivity index (χ4v) is 2.90. The van der Waals surface area contributed by atoms with Crippen LogP contribution >= 0.6 is 28.3 Å². The molecule has 0 saturated heterocycles. The Morgan fingerprint density at radius 2 is 2.05 bits per heavy atom. The van der Waals surface area contributed by atoms with Crippen LogP contribution in [0.15, 0.2) is 28.7 Å². The van der Waals surface area contributed by atoms with E-state index < -0.39 is 0 Å². The van der Waals surface area contributed by atoms with Gasteiger partial charge in [-0.25, -0.2) is 0 Å². The lowest BCUT2D eigenvalue weighted by Crippen LogP contribution is -2.38. The highest BCUT2D eigenvalue weighted by molar-refractivity contribution is 9.10. The number of carbonyl (C=O) groups is 1. The van der Waals surface area contributed by atoms with Crippen molar-refractivity contribution in [2.24, 2.45) is 11.7 Å². The summed E-state index contributed by atoms with van der Waals surface area (Å²) in [6.45, 7) is 2.05. The van der Waals surface area contributed by atoms with Crippen LogP contribution < -0.4 is 11.1 Å². The maximum absolute atomic E-state index is 12.1. The lowest BCUT2D eigenvalue weighted by molar-refractivity contribution is -0.125. The van der Waals surface area contributed by atoms with E-state index in [-0.39, 0.29) is 36.3 Å². The first-order chi connectivity index (χ1) is 9.04. The molecule has 1 saturated carbocycles. The van der Waals surface area contributed by atoms with E-state index in [9.17, 15) is 4.79 Å². The minimum atomic E-state index is 0. The van der Waals surface area contributed by atoms with Crippen LogP contribution in [0.1, 0.15) is 31.7 Å². The Labute approximate surface area is 135 Å². The Morgan fingerprint density at radius 1 is 1.40 bits per heavy atom. The van der Waals surface area contributed by atoms with Gasteiger partial charge in [-0.05, 0) is 50.3 Å². The number of halogens is 2. The standard InChI is InChI=1S/C15H21BrN2O.ClH/c1-10(8-11-2-5-13(16)6-3-11)18-15(19)12-4-7-14(17)9-12;/h2-3,5-6,10,12,14H,4,7-9,17H2,1H3,(H,18,19);1H. The second kappa shape index (κ2) is 8.01. The molecule has 3 nitrogen and oxygen atoms in total. The third kappa shape index (κ3) is 5.08. The molecule has 2 rings (SSSR count). The Bertz CT molecular complexity index is 438. The summed E-state index contributed by atoms with van der Waals surface area (Å²) in [7, 11) is 0. The van der Waals surface area contributed by atoms with Crippen LogP contribution in [0.3, 0.4) is 0 Å². The van der Waals surface area contributed by atoms with E-state index in [2.05, 4.69) is 40.3 Å². The summed E-state index contributed by atoms with van der Waals surface area (Å²) in [5.41, 5.74) is 7.08. The lowest BCUT2D eigenvalue weighted by atomic mass is 10.0. The lowest BCUT2D eigenvalue weighted by Gasteiger charge is -2.17. The molecule has 1 amide bonds. The monoisotopic (exact) mass is 360 g/mol. The predicted octanol–water partition coefficient (Wildman–Crippen LogP) is 3.05. The Hall–Kier alpha value is -0.580. The zero-order chi connectivity index (χ0) is 13.8. The van der Waals surface area contributed by atoms with E-state index in [0.717, 1.165) is 30.2 Å². The van der Waals surface area contributed by atoms with Crippen molar-refractivity contribution in [2.45, 2.75) is 44.7 Å². The second-order valence-electron chi connectivity index (χ2n) is 5.51. The van der Waals surface area contributed by atoms with Gasteiger partial charge < -0.3 is 11.1 Å². The van der Waals surface area contributed by atoms with Gasteiger partial charge in [-0.3, -0.25) is 4.79 Å². The SMILES string of the molecule is CC(Cc1ccc(Br)cc1)NC(=O)C1CCC(N)C1.Cl. The van der Waals surface area contributed by atoms with Gasteiger partial charge in [0.05, 0.1) is 0 Å². The Balaban J connectivity index is 0.00000200. The van der Waals surface area contributed by atoms with E-state index in [1.54, 1.807) is 0 Å². The number of nitrogens with two attached hydrogens (primary N) is 1. The third-order valence-corrected chi connectivity index (χ3v) is 4.22. The van der Waals surface area contributed by atoms with Crippen LogP contribution in [0.4, 0.5) is 0 Å². The van der Waals surface area contributed by atoms with Gasteiger partial charge in [0.25, 0.3) is 0 Å². The molecule has 3 N–H and O–H groups in total. The van der Waals surface area contributed by atoms with Crippen LogP contribution in [0.5, 0.6) is 0 Å². The summed E-state index contributed by atoms with van der Waals surface area (Å²) < 4.78 is 1.08. The van der Waals surface area contributed by atoms with Crippen molar-refractivity contribution in [3.8, 4) is 0 Å². The molecule has 1 aliphatic carbocycles. The highest BCUT2D eigenvalue weighted by atomic mass is 79.9. The number of hydrogen-bond donors (Lipinski definition) is 2. The average molecular weight is 362 g/mol. The molecule has 0 radical (unpaired) electrons.